The van der Waals surface area contributed by atoms with Crippen LogP contribution in [0.15, 0.2) is 0 Å². The first-order valence-corrected chi connectivity index (χ1v) is 25.1. The van der Waals surface area contributed by atoms with Crippen molar-refractivity contribution in [1.29, 1.82) is 0 Å². The minimum absolute atomic E-state index is 0.0300. The molecule has 31 heteroatoms. The molecule has 0 bridgehead atoms. The van der Waals surface area contributed by atoms with E-state index in [1.807, 2.05) is 0 Å². The van der Waals surface area contributed by atoms with Gasteiger partial charge in [0.15, 0.2) is 37.7 Å². The first-order chi connectivity index (χ1) is 35.7. The van der Waals surface area contributed by atoms with Gasteiger partial charge in [-0.1, -0.05) is 39.0 Å². The minimum atomic E-state index is -2.25. The molecular weight excluding hydrogens is 1020 g/mol. The fourth-order valence-corrected chi connectivity index (χ4v) is 9.49. The fraction of sp³-hybridized carbons (Fsp3) is 1.00. The molecule has 0 saturated carbocycles. The Balaban J connectivity index is 1.23. The maximum atomic E-state index is 11.9. The third kappa shape index (κ3) is 14.6. The third-order valence-electron chi connectivity index (χ3n) is 14.2. The van der Waals surface area contributed by atoms with Crippen molar-refractivity contribution >= 4 is 0 Å². The molecule has 6 aliphatic rings. The summed E-state index contributed by atoms with van der Waals surface area (Å²) in [5.41, 5.74) is 0. The highest BCUT2D eigenvalue weighted by Gasteiger charge is 2.57. The molecule has 30 atom stereocenters. The van der Waals surface area contributed by atoms with Gasteiger partial charge in [-0.25, -0.2) is 0 Å². The average molecular weight is 1100 g/mol. The quantitative estimate of drug-likeness (QED) is 0.0399. The van der Waals surface area contributed by atoms with Crippen molar-refractivity contribution in [3.8, 4) is 0 Å². The Morgan fingerprint density at radius 2 is 0.560 bits per heavy atom. The summed E-state index contributed by atoms with van der Waals surface area (Å²) in [6.45, 7) is -3.04. The fourth-order valence-electron chi connectivity index (χ4n) is 9.49. The Morgan fingerprint density at radius 3 is 0.960 bits per heavy atom. The van der Waals surface area contributed by atoms with E-state index in [2.05, 4.69) is 6.92 Å². The SMILES string of the molecule is CCCCCCCCO[C@H]1OC(COC2OC(CO)C(O)C(O)C2O)C(O)C(OC2OC(CO)C(O)C(OC3OC(COC4OC(CO)C(O)C(O)C4O)[C@H](O)C(OC4OC(CO)C(O)C(O)C4O)C3O)C2O)C1O. The smallest absolute Gasteiger partial charge is 0.187 e. The molecule has 6 aliphatic heterocycles. The van der Waals surface area contributed by atoms with E-state index in [1.54, 1.807) is 0 Å². The molecule has 28 unspecified atom stereocenters. The number of unbranched alkanes of at least 4 members (excludes halogenated alkanes) is 5. The van der Waals surface area contributed by atoms with Crippen molar-refractivity contribution in [2.24, 2.45) is 0 Å². The van der Waals surface area contributed by atoms with E-state index in [9.17, 15) is 97.0 Å². The van der Waals surface area contributed by atoms with Crippen molar-refractivity contribution < 1.29 is 154 Å². The zero-order chi connectivity index (χ0) is 55.0. The molecule has 0 aromatic rings. The Hall–Kier alpha value is -1.24. The van der Waals surface area contributed by atoms with Gasteiger partial charge in [0, 0.05) is 6.61 Å². The second-order valence-electron chi connectivity index (χ2n) is 19.5. The zero-order valence-electron chi connectivity index (χ0n) is 40.9. The summed E-state index contributed by atoms with van der Waals surface area (Å²) in [4.78, 5) is 0. The van der Waals surface area contributed by atoms with Gasteiger partial charge in [0.05, 0.1) is 39.6 Å². The lowest BCUT2D eigenvalue weighted by atomic mass is 9.95. The van der Waals surface area contributed by atoms with E-state index in [0.29, 0.717) is 6.42 Å². The molecule has 6 heterocycles. The van der Waals surface area contributed by atoms with Crippen LogP contribution in [0.5, 0.6) is 0 Å². The number of rotatable bonds is 24. The first kappa shape index (κ1) is 62.9. The van der Waals surface area contributed by atoms with Crippen LogP contribution in [-0.2, 0) is 56.8 Å². The average Bonchev–Trinajstić information content (AvgIpc) is 3.40. The van der Waals surface area contributed by atoms with Gasteiger partial charge in [-0.05, 0) is 6.42 Å². The topological polar surface area (TPSA) is 495 Å². The molecule has 440 valence electrons. The normalized spacial score (nSPS) is 49.0. The molecule has 0 aromatic carbocycles. The molecule has 0 amide bonds. The summed E-state index contributed by atoms with van der Waals surface area (Å²) >= 11 is 0. The third-order valence-corrected chi connectivity index (χ3v) is 14.2. The number of aliphatic hydroxyl groups excluding tert-OH is 19. The monoisotopic (exact) mass is 1100 g/mol. The summed E-state index contributed by atoms with van der Waals surface area (Å²) in [5, 5.41) is 203. The maximum absolute atomic E-state index is 11.9. The van der Waals surface area contributed by atoms with Gasteiger partial charge in [-0.15, -0.1) is 0 Å². The maximum Gasteiger partial charge on any atom is 0.187 e. The summed E-state index contributed by atoms with van der Waals surface area (Å²) in [6.07, 6.45) is -51.1. The van der Waals surface area contributed by atoms with Crippen LogP contribution >= 0.6 is 0 Å². The van der Waals surface area contributed by atoms with Gasteiger partial charge in [-0.2, -0.15) is 0 Å². The largest absolute Gasteiger partial charge is 0.394 e. The van der Waals surface area contributed by atoms with Crippen molar-refractivity contribution in [2.75, 3.05) is 46.2 Å². The molecule has 0 aromatic heterocycles. The second-order valence-corrected chi connectivity index (χ2v) is 19.5. The van der Waals surface area contributed by atoms with Crippen molar-refractivity contribution in [2.45, 2.75) is 230 Å². The Labute approximate surface area is 429 Å². The lowest BCUT2D eigenvalue weighted by Crippen LogP contribution is -2.68. The number of hydrogen-bond acceptors (Lipinski definition) is 31. The van der Waals surface area contributed by atoms with Crippen LogP contribution < -0.4 is 0 Å². The molecule has 19 N–H and O–H groups in total. The van der Waals surface area contributed by atoms with Crippen LogP contribution in [0.25, 0.3) is 0 Å². The highest BCUT2D eigenvalue weighted by molar-refractivity contribution is 4.99. The van der Waals surface area contributed by atoms with E-state index in [-0.39, 0.29) is 6.61 Å². The molecule has 75 heavy (non-hydrogen) atoms. The van der Waals surface area contributed by atoms with Crippen molar-refractivity contribution in [1.82, 2.24) is 0 Å². The number of aliphatic hydroxyl groups is 19. The van der Waals surface area contributed by atoms with Crippen molar-refractivity contribution in [3.05, 3.63) is 0 Å². The van der Waals surface area contributed by atoms with E-state index >= 15 is 0 Å². The molecule has 0 aliphatic carbocycles. The van der Waals surface area contributed by atoms with Gasteiger partial charge >= 0.3 is 0 Å². The van der Waals surface area contributed by atoms with Gasteiger partial charge < -0.3 is 154 Å². The zero-order valence-corrected chi connectivity index (χ0v) is 40.9. The number of hydrogen-bond donors (Lipinski definition) is 19. The van der Waals surface area contributed by atoms with Gasteiger partial charge in [-0.3, -0.25) is 0 Å². The molecule has 6 fully saturated rings. The Morgan fingerprint density at radius 1 is 0.280 bits per heavy atom. The Bertz CT molecular complexity index is 1640. The van der Waals surface area contributed by atoms with Gasteiger partial charge in [0.2, 0.25) is 0 Å². The van der Waals surface area contributed by atoms with Crippen LogP contribution in [0.4, 0.5) is 0 Å². The minimum Gasteiger partial charge on any atom is -0.394 e. The number of ether oxygens (including phenoxy) is 12. The second kappa shape index (κ2) is 29.0. The molecular formula is C44H78O31. The molecule has 6 rings (SSSR count). The van der Waals surface area contributed by atoms with Crippen LogP contribution in [0.1, 0.15) is 45.4 Å². The Kier molecular flexibility index (Phi) is 24.3. The first-order valence-electron chi connectivity index (χ1n) is 25.1. The van der Waals surface area contributed by atoms with E-state index in [0.717, 1.165) is 32.1 Å². The molecule has 0 radical (unpaired) electrons. The summed E-state index contributed by atoms with van der Waals surface area (Å²) in [7, 11) is 0. The summed E-state index contributed by atoms with van der Waals surface area (Å²) < 4.78 is 68.4. The standard InChI is InChI=1S/C44H78O31/c1-2-3-4-5-6-7-8-64-41-33(61)37(25(53)19(71-41)13-65-39-30(58)27(55)21(49)15(9-45)67-39)75-43-34(62)36(24(52)18(12-48)70-43)74-44-35(63)38(73-42-32(60)29(57)23(51)17(11-47)69-42)26(54)20(72-44)14-66-40-31(59)28(56)22(50)16(10-46)68-40/h15-63H,2-14H2,1H3/t15?,16?,17?,18?,19?,20?,21?,22?,23?,24?,25?,26-,27?,28?,29?,30?,31?,32?,33?,34?,35?,36?,37?,38?,39?,40?,41-,42?,43?,44?/m0/s1. The van der Waals surface area contributed by atoms with Crippen LogP contribution in [-0.4, -0.2) is 328 Å². The van der Waals surface area contributed by atoms with Gasteiger partial charge in [0.1, 0.15) is 146 Å². The summed E-state index contributed by atoms with van der Waals surface area (Å²) in [5.74, 6) is 0. The lowest BCUT2D eigenvalue weighted by molar-refractivity contribution is -0.394. The highest BCUT2D eigenvalue weighted by atomic mass is 16.8. The van der Waals surface area contributed by atoms with Crippen LogP contribution in [0.3, 0.4) is 0 Å². The molecule has 0 spiro atoms. The highest BCUT2D eigenvalue weighted by Crippen LogP contribution is 2.36. The predicted molar refractivity (Wildman–Crippen MR) is 236 cm³/mol. The van der Waals surface area contributed by atoms with Gasteiger partial charge in [0.25, 0.3) is 0 Å². The van der Waals surface area contributed by atoms with E-state index < -0.39 is 224 Å². The molecule has 6 saturated heterocycles. The van der Waals surface area contributed by atoms with E-state index in [1.165, 1.54) is 0 Å². The molecule has 31 nitrogen and oxygen atoms in total. The predicted octanol–water partition coefficient (Wildman–Crippen LogP) is -10.7. The summed E-state index contributed by atoms with van der Waals surface area (Å²) in [6, 6.07) is 0. The lowest BCUT2D eigenvalue weighted by Gasteiger charge is -2.49. The van der Waals surface area contributed by atoms with Crippen LogP contribution in [0.2, 0.25) is 0 Å². The van der Waals surface area contributed by atoms with Crippen molar-refractivity contribution in [3.63, 3.8) is 0 Å². The van der Waals surface area contributed by atoms with Crippen LogP contribution in [0, 0.1) is 0 Å². The van der Waals surface area contributed by atoms with E-state index in [4.69, 9.17) is 56.8 Å².